The van der Waals surface area contributed by atoms with Gasteiger partial charge in [0.15, 0.2) is 0 Å². The summed E-state index contributed by atoms with van der Waals surface area (Å²) in [6, 6.07) is 28.8. The zero-order valence-corrected chi connectivity index (χ0v) is 16.9. The summed E-state index contributed by atoms with van der Waals surface area (Å²) in [7, 11) is 3.88. The second-order valence-electron chi connectivity index (χ2n) is 7.60. The van der Waals surface area contributed by atoms with Gasteiger partial charge in [-0.25, -0.2) is 0 Å². The minimum Gasteiger partial charge on any atom is -0.343 e. The molecule has 6 rings (SSSR count). The van der Waals surface area contributed by atoms with E-state index in [-0.39, 0.29) is 0 Å². The lowest BCUT2D eigenvalue weighted by Crippen LogP contribution is -2.35. The Morgan fingerprint density at radius 2 is 1.07 bits per heavy atom. The van der Waals surface area contributed by atoms with E-state index in [0.717, 1.165) is 6.42 Å². The van der Waals surface area contributed by atoms with Crippen LogP contribution in [0.3, 0.4) is 0 Å². The van der Waals surface area contributed by atoms with Gasteiger partial charge in [-0.3, -0.25) is 0 Å². The van der Waals surface area contributed by atoms with Crippen LogP contribution >= 0.6 is 7.92 Å². The zero-order chi connectivity index (χ0) is 18.8. The summed E-state index contributed by atoms with van der Waals surface area (Å²) in [5, 5.41) is 4.24. The molecule has 0 bridgehead atoms. The van der Waals surface area contributed by atoms with Crippen LogP contribution in [-0.4, -0.2) is 9.13 Å². The monoisotopic (exact) mass is 380 g/mol. The van der Waals surface area contributed by atoms with E-state index in [2.05, 4.69) is 102 Å². The van der Waals surface area contributed by atoms with Gasteiger partial charge in [-0.15, -0.1) is 0 Å². The average Bonchev–Trinajstić information content (AvgIpc) is 3.20. The van der Waals surface area contributed by atoms with Gasteiger partial charge in [0.2, 0.25) is 0 Å². The Bertz CT molecular complexity index is 1270. The molecular weight excluding hydrogens is 359 g/mol. The smallest absolute Gasteiger partial charge is 0.0561 e. The first kappa shape index (κ1) is 16.2. The summed E-state index contributed by atoms with van der Waals surface area (Å²) in [4.78, 5) is 0. The van der Waals surface area contributed by atoms with Crippen LogP contribution in [0.5, 0.6) is 0 Å². The standard InChI is InChI=1S/C25H21N2P/c1-26-22-14-8-6-12-18(22)20-16-21-19-13-7-9-15-23(19)27(2)25(21)28(24(20)26)17-10-4-3-5-11-17/h3-15H,16H2,1-2H3. The van der Waals surface area contributed by atoms with Crippen molar-refractivity contribution >= 4 is 45.9 Å². The van der Waals surface area contributed by atoms with Crippen LogP contribution in [0.15, 0.2) is 78.9 Å². The molecule has 0 saturated carbocycles. The summed E-state index contributed by atoms with van der Waals surface area (Å²) in [5.74, 6) is 0. The van der Waals surface area contributed by atoms with Crippen LogP contribution in [0.1, 0.15) is 11.1 Å². The van der Waals surface area contributed by atoms with Gasteiger partial charge in [0, 0.05) is 50.2 Å². The molecule has 28 heavy (non-hydrogen) atoms. The van der Waals surface area contributed by atoms with Crippen molar-refractivity contribution in [3.05, 3.63) is 90.0 Å². The van der Waals surface area contributed by atoms with Crippen LogP contribution < -0.4 is 16.2 Å². The molecule has 5 aromatic rings. The van der Waals surface area contributed by atoms with Crippen LogP contribution in [0.4, 0.5) is 0 Å². The maximum absolute atomic E-state index is 2.45. The maximum Gasteiger partial charge on any atom is 0.0561 e. The second-order valence-corrected chi connectivity index (χ2v) is 9.64. The van der Waals surface area contributed by atoms with Crippen LogP contribution in [0.25, 0.3) is 21.8 Å². The highest BCUT2D eigenvalue weighted by Gasteiger charge is 2.35. The van der Waals surface area contributed by atoms with Gasteiger partial charge in [0.1, 0.15) is 0 Å². The van der Waals surface area contributed by atoms with E-state index in [0.29, 0.717) is 0 Å². The average molecular weight is 380 g/mol. The first-order valence-corrected chi connectivity index (χ1v) is 11.1. The number of fused-ring (bicyclic) bond motifs is 6. The topological polar surface area (TPSA) is 9.86 Å². The molecule has 0 aliphatic carbocycles. The van der Waals surface area contributed by atoms with E-state index in [9.17, 15) is 0 Å². The predicted molar refractivity (Wildman–Crippen MR) is 121 cm³/mol. The molecule has 0 saturated heterocycles. The zero-order valence-electron chi connectivity index (χ0n) is 16.1. The third-order valence-electron chi connectivity index (χ3n) is 6.15. The molecule has 0 N–H and O–H groups in total. The Labute approximate surface area is 165 Å². The summed E-state index contributed by atoms with van der Waals surface area (Å²) in [6.45, 7) is 0. The number of benzene rings is 3. The van der Waals surface area contributed by atoms with E-state index in [1.807, 2.05) is 0 Å². The summed E-state index contributed by atoms with van der Waals surface area (Å²) >= 11 is 0. The lowest BCUT2D eigenvalue weighted by atomic mass is 10.0. The van der Waals surface area contributed by atoms with Gasteiger partial charge >= 0.3 is 0 Å². The fourth-order valence-corrected chi connectivity index (χ4v) is 7.85. The summed E-state index contributed by atoms with van der Waals surface area (Å²) < 4.78 is 4.90. The molecule has 3 heteroatoms. The summed E-state index contributed by atoms with van der Waals surface area (Å²) in [6.07, 6.45) is 1.01. The molecule has 0 radical (unpaired) electrons. The van der Waals surface area contributed by atoms with Crippen molar-refractivity contribution in [2.75, 3.05) is 0 Å². The molecule has 1 aliphatic heterocycles. The molecule has 0 spiro atoms. The number of hydrogen-bond acceptors (Lipinski definition) is 0. The lowest BCUT2D eigenvalue weighted by molar-refractivity contribution is 0.977. The van der Waals surface area contributed by atoms with E-state index >= 15 is 0 Å². The molecule has 136 valence electrons. The number of hydrogen-bond donors (Lipinski definition) is 0. The van der Waals surface area contributed by atoms with Crippen molar-refractivity contribution < 1.29 is 0 Å². The molecule has 1 aliphatic rings. The molecule has 0 amide bonds. The van der Waals surface area contributed by atoms with Gasteiger partial charge in [0.05, 0.1) is 10.9 Å². The number of rotatable bonds is 1. The predicted octanol–water partition coefficient (Wildman–Crippen LogP) is 4.33. The molecule has 0 atom stereocenters. The molecular formula is C25H21N2P. The second kappa shape index (κ2) is 5.83. The molecule has 2 aromatic heterocycles. The van der Waals surface area contributed by atoms with Crippen molar-refractivity contribution in [3.63, 3.8) is 0 Å². The highest BCUT2D eigenvalue weighted by molar-refractivity contribution is 7.79. The van der Waals surface area contributed by atoms with Crippen molar-refractivity contribution in [2.45, 2.75) is 6.42 Å². The van der Waals surface area contributed by atoms with E-state index in [1.165, 1.54) is 49.1 Å². The Balaban J connectivity index is 1.77. The Hall–Kier alpha value is -2.83. The van der Waals surface area contributed by atoms with E-state index in [1.54, 1.807) is 0 Å². The number of aryl methyl sites for hydroxylation is 2. The van der Waals surface area contributed by atoms with Gasteiger partial charge in [-0.05, 0) is 28.6 Å². The number of para-hydroxylation sites is 2. The quantitative estimate of drug-likeness (QED) is 0.376. The van der Waals surface area contributed by atoms with Crippen molar-refractivity contribution in [1.82, 2.24) is 9.13 Å². The molecule has 3 heterocycles. The highest BCUT2D eigenvalue weighted by Crippen LogP contribution is 2.44. The highest BCUT2D eigenvalue weighted by atomic mass is 31.1. The first-order valence-electron chi connectivity index (χ1n) is 9.73. The number of aromatic nitrogens is 2. The van der Waals surface area contributed by atoms with Crippen molar-refractivity contribution in [3.8, 4) is 0 Å². The van der Waals surface area contributed by atoms with Crippen LogP contribution in [0.2, 0.25) is 0 Å². The fraction of sp³-hybridized carbons (Fsp3) is 0.120. The maximum atomic E-state index is 2.45. The summed E-state index contributed by atoms with van der Waals surface area (Å²) in [5.41, 5.74) is 8.71. The largest absolute Gasteiger partial charge is 0.343 e. The van der Waals surface area contributed by atoms with E-state index in [4.69, 9.17) is 0 Å². The Morgan fingerprint density at radius 1 is 0.607 bits per heavy atom. The molecule has 0 fully saturated rings. The lowest BCUT2D eigenvalue weighted by Gasteiger charge is -2.27. The molecule has 0 unspecified atom stereocenters. The van der Waals surface area contributed by atoms with E-state index < -0.39 is 7.92 Å². The third-order valence-corrected chi connectivity index (χ3v) is 8.95. The van der Waals surface area contributed by atoms with Gasteiger partial charge in [-0.2, -0.15) is 0 Å². The first-order chi connectivity index (χ1) is 13.8. The van der Waals surface area contributed by atoms with Crippen LogP contribution in [-0.2, 0) is 20.5 Å². The number of nitrogens with zero attached hydrogens (tertiary/aromatic N) is 2. The minimum absolute atomic E-state index is 0.608. The molecule has 3 aromatic carbocycles. The SMILES string of the molecule is Cn1c2c(c3ccccc31)Cc1c(n(C)c3ccccc13)P2c1ccccc1. The van der Waals surface area contributed by atoms with Crippen molar-refractivity contribution in [2.24, 2.45) is 14.1 Å². The van der Waals surface area contributed by atoms with Gasteiger partial charge in [-0.1, -0.05) is 66.7 Å². The molecule has 2 nitrogen and oxygen atoms in total. The fourth-order valence-electron chi connectivity index (χ4n) is 4.93. The van der Waals surface area contributed by atoms with Gasteiger partial charge < -0.3 is 9.13 Å². The van der Waals surface area contributed by atoms with Crippen LogP contribution in [0, 0.1) is 0 Å². The Morgan fingerprint density at radius 3 is 1.61 bits per heavy atom. The Kier molecular flexibility index (Phi) is 3.36. The van der Waals surface area contributed by atoms with Crippen molar-refractivity contribution in [1.29, 1.82) is 0 Å². The third kappa shape index (κ3) is 2.02. The van der Waals surface area contributed by atoms with Gasteiger partial charge in [0.25, 0.3) is 0 Å². The normalized spacial score (nSPS) is 13.8. The minimum atomic E-state index is -0.608.